The minimum Gasteiger partial charge on any atom is -0.497 e. The zero-order valence-electron chi connectivity index (χ0n) is 12.6. The summed E-state index contributed by atoms with van der Waals surface area (Å²) in [4.78, 5) is 0. The number of benzene rings is 2. The summed E-state index contributed by atoms with van der Waals surface area (Å²) in [6.07, 6.45) is 2.01. The van der Waals surface area contributed by atoms with Crippen molar-refractivity contribution < 1.29 is 4.74 Å². The highest BCUT2D eigenvalue weighted by atomic mass is 35.5. The predicted octanol–water partition coefficient (Wildman–Crippen LogP) is 4.11. The predicted molar refractivity (Wildman–Crippen MR) is 89.3 cm³/mol. The summed E-state index contributed by atoms with van der Waals surface area (Å²) in [5.41, 5.74) is 2.59. The molecule has 0 aliphatic rings. The van der Waals surface area contributed by atoms with Crippen LogP contribution in [0.25, 0.3) is 0 Å². The third-order valence-corrected chi connectivity index (χ3v) is 3.73. The van der Waals surface area contributed by atoms with E-state index in [0.717, 1.165) is 30.2 Å². The van der Waals surface area contributed by atoms with Gasteiger partial charge in [0, 0.05) is 11.1 Å². The fourth-order valence-electron chi connectivity index (χ4n) is 2.34. The molecule has 0 aliphatic heterocycles. The molecule has 0 amide bonds. The highest BCUT2D eigenvalue weighted by molar-refractivity contribution is 6.30. The highest BCUT2D eigenvalue weighted by Gasteiger charge is 2.03. The highest BCUT2D eigenvalue weighted by Crippen LogP contribution is 2.13. The molecule has 0 radical (unpaired) electrons. The van der Waals surface area contributed by atoms with E-state index < -0.39 is 0 Å². The summed E-state index contributed by atoms with van der Waals surface area (Å²) in [5, 5.41) is 4.36. The molecule has 0 saturated heterocycles. The van der Waals surface area contributed by atoms with Crippen molar-refractivity contribution in [3.8, 4) is 5.75 Å². The van der Waals surface area contributed by atoms with Gasteiger partial charge in [0.05, 0.1) is 7.11 Å². The second-order valence-corrected chi connectivity index (χ2v) is 5.72. The van der Waals surface area contributed by atoms with Gasteiger partial charge in [-0.1, -0.05) is 35.9 Å². The molecule has 3 heteroatoms. The van der Waals surface area contributed by atoms with Crippen molar-refractivity contribution in [2.75, 3.05) is 13.7 Å². The van der Waals surface area contributed by atoms with Crippen molar-refractivity contribution in [3.05, 3.63) is 64.7 Å². The van der Waals surface area contributed by atoms with Crippen LogP contribution in [0.3, 0.4) is 0 Å². The zero-order valence-corrected chi connectivity index (χ0v) is 13.4. The van der Waals surface area contributed by atoms with Gasteiger partial charge < -0.3 is 10.1 Å². The third kappa shape index (κ3) is 5.41. The van der Waals surface area contributed by atoms with Crippen LogP contribution < -0.4 is 10.1 Å². The molecular formula is C18H22ClNO. The molecule has 0 aromatic heterocycles. The number of methoxy groups -OCH3 is 1. The summed E-state index contributed by atoms with van der Waals surface area (Å²) in [6.45, 7) is 3.17. The normalized spacial score (nSPS) is 12.1. The molecule has 1 N–H and O–H groups in total. The number of rotatable bonds is 7. The van der Waals surface area contributed by atoms with E-state index >= 15 is 0 Å². The maximum absolute atomic E-state index is 5.99. The standard InChI is InChI=1S/C18H22ClNO/c1-14(12-16-6-8-18(21-2)9-7-16)20-11-10-15-4-3-5-17(19)13-15/h3-9,13-14,20H,10-12H2,1-2H3. The lowest BCUT2D eigenvalue weighted by molar-refractivity contribution is 0.414. The van der Waals surface area contributed by atoms with Gasteiger partial charge in [0.25, 0.3) is 0 Å². The quantitative estimate of drug-likeness (QED) is 0.831. The lowest BCUT2D eigenvalue weighted by atomic mass is 10.1. The van der Waals surface area contributed by atoms with Gasteiger partial charge in [-0.15, -0.1) is 0 Å². The first-order chi connectivity index (χ1) is 10.2. The van der Waals surface area contributed by atoms with Crippen molar-refractivity contribution in [1.82, 2.24) is 5.32 Å². The Kier molecular flexibility index (Phi) is 6.09. The summed E-state index contributed by atoms with van der Waals surface area (Å²) in [7, 11) is 1.69. The molecule has 2 aromatic rings. The van der Waals surface area contributed by atoms with Gasteiger partial charge in [-0.3, -0.25) is 0 Å². The van der Waals surface area contributed by atoms with Crippen molar-refractivity contribution in [3.63, 3.8) is 0 Å². The van der Waals surface area contributed by atoms with E-state index in [1.54, 1.807) is 7.11 Å². The largest absolute Gasteiger partial charge is 0.497 e. The molecular weight excluding hydrogens is 282 g/mol. The van der Waals surface area contributed by atoms with Crippen LogP contribution in [0.15, 0.2) is 48.5 Å². The van der Waals surface area contributed by atoms with Crippen LogP contribution in [0, 0.1) is 0 Å². The van der Waals surface area contributed by atoms with E-state index in [2.05, 4.69) is 30.4 Å². The molecule has 0 saturated carbocycles. The van der Waals surface area contributed by atoms with Crippen LogP contribution in [0.1, 0.15) is 18.1 Å². The Morgan fingerprint density at radius 1 is 1.10 bits per heavy atom. The summed E-state index contributed by atoms with van der Waals surface area (Å²) in [5.74, 6) is 0.903. The van der Waals surface area contributed by atoms with Crippen LogP contribution in [0.5, 0.6) is 5.75 Å². The van der Waals surface area contributed by atoms with E-state index in [-0.39, 0.29) is 0 Å². The fraction of sp³-hybridized carbons (Fsp3) is 0.333. The minimum absolute atomic E-state index is 0.442. The molecule has 0 aliphatic carbocycles. The molecule has 112 valence electrons. The average Bonchev–Trinajstić information content (AvgIpc) is 2.48. The molecule has 1 atom stereocenters. The van der Waals surface area contributed by atoms with E-state index in [9.17, 15) is 0 Å². The molecule has 0 spiro atoms. The SMILES string of the molecule is COc1ccc(CC(C)NCCc2cccc(Cl)c2)cc1. The number of hydrogen-bond donors (Lipinski definition) is 1. The van der Waals surface area contributed by atoms with Gasteiger partial charge in [-0.25, -0.2) is 0 Å². The Morgan fingerprint density at radius 2 is 1.86 bits per heavy atom. The molecule has 2 rings (SSSR count). The summed E-state index contributed by atoms with van der Waals surface area (Å²) in [6, 6.07) is 16.7. The average molecular weight is 304 g/mol. The molecule has 0 fully saturated rings. The van der Waals surface area contributed by atoms with Crippen LogP contribution in [0.2, 0.25) is 5.02 Å². The fourth-order valence-corrected chi connectivity index (χ4v) is 2.56. The van der Waals surface area contributed by atoms with Gasteiger partial charge >= 0.3 is 0 Å². The van der Waals surface area contributed by atoms with Crippen molar-refractivity contribution >= 4 is 11.6 Å². The monoisotopic (exact) mass is 303 g/mol. The lowest BCUT2D eigenvalue weighted by Gasteiger charge is -2.14. The van der Waals surface area contributed by atoms with E-state index in [4.69, 9.17) is 16.3 Å². The zero-order chi connectivity index (χ0) is 15.1. The van der Waals surface area contributed by atoms with Gasteiger partial charge in [0.1, 0.15) is 5.75 Å². The lowest BCUT2D eigenvalue weighted by Crippen LogP contribution is -2.29. The first-order valence-electron chi connectivity index (χ1n) is 7.28. The smallest absolute Gasteiger partial charge is 0.118 e. The Hall–Kier alpha value is -1.51. The van der Waals surface area contributed by atoms with Gasteiger partial charge in [-0.2, -0.15) is 0 Å². The molecule has 0 heterocycles. The minimum atomic E-state index is 0.442. The van der Waals surface area contributed by atoms with Crippen molar-refractivity contribution in [2.24, 2.45) is 0 Å². The van der Waals surface area contributed by atoms with Crippen molar-refractivity contribution in [1.29, 1.82) is 0 Å². The van der Waals surface area contributed by atoms with Gasteiger partial charge in [0.2, 0.25) is 0 Å². The Balaban J connectivity index is 1.75. The number of hydrogen-bond acceptors (Lipinski definition) is 2. The Labute approximate surface area is 132 Å². The van der Waals surface area contributed by atoms with Crippen molar-refractivity contribution in [2.45, 2.75) is 25.8 Å². The summed E-state index contributed by atoms with van der Waals surface area (Å²) < 4.78 is 5.17. The van der Waals surface area contributed by atoms with Crippen LogP contribution >= 0.6 is 11.6 Å². The molecule has 21 heavy (non-hydrogen) atoms. The maximum Gasteiger partial charge on any atom is 0.118 e. The second-order valence-electron chi connectivity index (χ2n) is 5.29. The molecule has 2 nitrogen and oxygen atoms in total. The maximum atomic E-state index is 5.99. The van der Waals surface area contributed by atoms with Gasteiger partial charge in [0.15, 0.2) is 0 Å². The molecule has 0 bridgehead atoms. The van der Waals surface area contributed by atoms with E-state index in [1.165, 1.54) is 11.1 Å². The Morgan fingerprint density at radius 3 is 2.52 bits per heavy atom. The third-order valence-electron chi connectivity index (χ3n) is 3.50. The second kappa shape index (κ2) is 8.06. The number of ether oxygens (including phenoxy) is 1. The van der Waals surface area contributed by atoms with Crippen LogP contribution in [-0.4, -0.2) is 19.7 Å². The number of halogens is 1. The van der Waals surface area contributed by atoms with Crippen LogP contribution in [0.4, 0.5) is 0 Å². The first-order valence-corrected chi connectivity index (χ1v) is 7.66. The summed E-state index contributed by atoms with van der Waals surface area (Å²) >= 11 is 5.99. The molecule has 2 aromatic carbocycles. The first kappa shape index (κ1) is 15.9. The number of nitrogens with one attached hydrogen (secondary N) is 1. The Bertz CT molecular complexity index is 553. The topological polar surface area (TPSA) is 21.3 Å². The van der Waals surface area contributed by atoms with Crippen LogP contribution in [-0.2, 0) is 12.8 Å². The van der Waals surface area contributed by atoms with E-state index in [0.29, 0.717) is 6.04 Å². The molecule has 1 unspecified atom stereocenters. The van der Waals surface area contributed by atoms with Gasteiger partial charge in [-0.05, 0) is 61.7 Å². The van der Waals surface area contributed by atoms with E-state index in [1.807, 2.05) is 30.3 Å².